The van der Waals surface area contributed by atoms with Crippen LogP contribution in [-0.4, -0.2) is 33.3 Å². The van der Waals surface area contributed by atoms with Gasteiger partial charge in [-0.05, 0) is 24.6 Å². The lowest BCUT2D eigenvalue weighted by atomic mass is 9.94. The van der Waals surface area contributed by atoms with Gasteiger partial charge in [0.25, 0.3) is 5.91 Å². The van der Waals surface area contributed by atoms with Crippen molar-refractivity contribution in [3.05, 3.63) is 83.9 Å². The summed E-state index contributed by atoms with van der Waals surface area (Å²) >= 11 is 6.30. The maximum atomic E-state index is 13.2. The Morgan fingerprint density at radius 1 is 0.967 bits per heavy atom. The second-order valence-electron chi connectivity index (χ2n) is 7.57. The van der Waals surface area contributed by atoms with E-state index in [4.69, 9.17) is 11.6 Å². The normalized spacial score (nSPS) is 18.7. The standard InChI is InChI=1S/C24H20ClN3O2/c1-15-7-6-8-16(13-15)23-22(25)24(30)28(23)26-14-21(29)27-19-11-4-2-9-17(19)18-10-3-5-12-20(18)27/h2-13,22-23,26H,14H2,1H3. The number of alkyl halides is 1. The van der Waals surface area contributed by atoms with Crippen LogP contribution in [-0.2, 0) is 4.79 Å². The first-order chi connectivity index (χ1) is 14.6. The van der Waals surface area contributed by atoms with Crippen LogP contribution in [0.15, 0.2) is 72.8 Å². The maximum Gasteiger partial charge on any atom is 0.257 e. The highest BCUT2D eigenvalue weighted by atomic mass is 35.5. The van der Waals surface area contributed by atoms with Crippen LogP contribution in [0.5, 0.6) is 0 Å². The average molecular weight is 418 g/mol. The summed E-state index contributed by atoms with van der Waals surface area (Å²) in [6.45, 7) is 1.98. The van der Waals surface area contributed by atoms with Gasteiger partial charge in [0.1, 0.15) is 5.38 Å². The minimum absolute atomic E-state index is 0.0136. The van der Waals surface area contributed by atoms with Gasteiger partial charge in [-0.3, -0.25) is 19.2 Å². The molecular formula is C24H20ClN3O2. The first-order valence-corrected chi connectivity index (χ1v) is 10.3. The van der Waals surface area contributed by atoms with Gasteiger partial charge in [-0.1, -0.05) is 66.2 Å². The van der Waals surface area contributed by atoms with Crippen molar-refractivity contribution in [3.63, 3.8) is 0 Å². The number of hydrogen-bond donors (Lipinski definition) is 1. The molecule has 1 fully saturated rings. The third kappa shape index (κ3) is 2.90. The Morgan fingerprint density at radius 3 is 2.23 bits per heavy atom. The van der Waals surface area contributed by atoms with Crippen LogP contribution in [0.3, 0.4) is 0 Å². The lowest BCUT2D eigenvalue weighted by Gasteiger charge is -2.44. The number of carbonyl (C=O) groups is 2. The molecule has 0 aliphatic carbocycles. The Balaban J connectivity index is 1.43. The van der Waals surface area contributed by atoms with Gasteiger partial charge in [-0.15, -0.1) is 11.6 Å². The first kappa shape index (κ1) is 18.9. The highest BCUT2D eigenvalue weighted by molar-refractivity contribution is 6.33. The summed E-state index contributed by atoms with van der Waals surface area (Å²) < 4.78 is 1.71. The fourth-order valence-electron chi connectivity index (χ4n) is 4.23. The van der Waals surface area contributed by atoms with Crippen molar-refractivity contribution >= 4 is 45.2 Å². The number of hydrazine groups is 1. The van der Waals surface area contributed by atoms with E-state index < -0.39 is 5.38 Å². The van der Waals surface area contributed by atoms with Crippen molar-refractivity contribution in [1.29, 1.82) is 0 Å². The molecule has 5 rings (SSSR count). The topological polar surface area (TPSA) is 54.3 Å². The van der Waals surface area contributed by atoms with Gasteiger partial charge in [0.2, 0.25) is 5.91 Å². The summed E-state index contributed by atoms with van der Waals surface area (Å²) in [7, 11) is 0. The Labute approximate surface area is 178 Å². The number of nitrogens with zero attached hydrogens (tertiary/aromatic N) is 2. The Kier molecular flexibility index (Phi) is 4.57. The number of carbonyl (C=O) groups excluding carboxylic acids is 2. The van der Waals surface area contributed by atoms with Gasteiger partial charge in [-0.25, -0.2) is 5.43 Å². The maximum absolute atomic E-state index is 13.2. The number of para-hydroxylation sites is 2. The number of rotatable bonds is 4. The second kappa shape index (κ2) is 7.27. The van der Waals surface area contributed by atoms with Crippen molar-refractivity contribution in [3.8, 4) is 0 Å². The van der Waals surface area contributed by atoms with E-state index in [0.29, 0.717) is 0 Å². The molecule has 150 valence electrons. The Hall–Kier alpha value is -3.15. The molecule has 2 unspecified atom stereocenters. The average Bonchev–Trinajstić information content (AvgIpc) is 3.10. The number of nitrogens with one attached hydrogen (secondary N) is 1. The number of benzene rings is 3. The molecule has 6 heteroatoms. The molecular weight excluding hydrogens is 398 g/mol. The molecule has 0 saturated carbocycles. The molecule has 1 aliphatic heterocycles. The molecule has 4 aromatic rings. The third-order valence-electron chi connectivity index (χ3n) is 5.64. The molecule has 0 radical (unpaired) electrons. The predicted molar refractivity (Wildman–Crippen MR) is 118 cm³/mol. The van der Waals surface area contributed by atoms with Crippen LogP contribution in [0.4, 0.5) is 0 Å². The molecule has 30 heavy (non-hydrogen) atoms. The number of amides is 1. The summed E-state index contributed by atoms with van der Waals surface area (Å²) in [6, 6.07) is 23.3. The van der Waals surface area contributed by atoms with Crippen molar-refractivity contribution in [2.75, 3.05) is 6.54 Å². The summed E-state index contributed by atoms with van der Waals surface area (Å²) in [5, 5.41) is 2.89. The predicted octanol–water partition coefficient (Wildman–Crippen LogP) is 4.44. The lowest BCUT2D eigenvalue weighted by Crippen LogP contribution is -2.62. The summed E-state index contributed by atoms with van der Waals surface area (Å²) in [5.41, 5.74) is 6.76. The number of β-lactam (4-membered cyclic amide) rings is 1. The number of aryl methyl sites for hydroxylation is 1. The van der Waals surface area contributed by atoms with E-state index in [-0.39, 0.29) is 24.4 Å². The number of fused-ring (bicyclic) bond motifs is 3. The summed E-state index contributed by atoms with van der Waals surface area (Å²) in [4.78, 5) is 25.6. The number of aromatic nitrogens is 1. The molecule has 1 N–H and O–H groups in total. The van der Waals surface area contributed by atoms with Gasteiger partial charge < -0.3 is 0 Å². The molecule has 1 saturated heterocycles. The van der Waals surface area contributed by atoms with Crippen molar-refractivity contribution in [2.45, 2.75) is 18.3 Å². The first-order valence-electron chi connectivity index (χ1n) is 9.85. The lowest BCUT2D eigenvalue weighted by molar-refractivity contribution is -0.150. The zero-order valence-corrected chi connectivity index (χ0v) is 17.1. The summed E-state index contributed by atoms with van der Waals surface area (Å²) in [5.74, 6) is -0.362. The fourth-order valence-corrected chi connectivity index (χ4v) is 4.59. The van der Waals surface area contributed by atoms with Crippen LogP contribution < -0.4 is 5.43 Å². The van der Waals surface area contributed by atoms with Crippen molar-refractivity contribution < 1.29 is 9.59 Å². The van der Waals surface area contributed by atoms with Gasteiger partial charge >= 0.3 is 0 Å². The Bertz CT molecular complexity index is 1240. The van der Waals surface area contributed by atoms with Crippen LogP contribution in [0, 0.1) is 6.92 Å². The van der Waals surface area contributed by atoms with Gasteiger partial charge in [0.05, 0.1) is 23.6 Å². The number of hydrogen-bond acceptors (Lipinski definition) is 3. The van der Waals surface area contributed by atoms with Crippen LogP contribution >= 0.6 is 11.6 Å². The number of halogens is 1. The molecule has 5 nitrogen and oxygen atoms in total. The minimum Gasteiger partial charge on any atom is -0.279 e. The molecule has 1 aliphatic rings. The Morgan fingerprint density at radius 2 is 1.60 bits per heavy atom. The van der Waals surface area contributed by atoms with E-state index in [0.717, 1.165) is 32.9 Å². The monoisotopic (exact) mass is 417 g/mol. The van der Waals surface area contributed by atoms with E-state index >= 15 is 0 Å². The van der Waals surface area contributed by atoms with Gasteiger partial charge in [-0.2, -0.15) is 0 Å². The molecule has 2 atom stereocenters. The smallest absolute Gasteiger partial charge is 0.257 e. The molecule has 0 bridgehead atoms. The molecule has 2 heterocycles. The van der Waals surface area contributed by atoms with Crippen LogP contribution in [0.2, 0.25) is 0 Å². The zero-order chi connectivity index (χ0) is 20.8. The van der Waals surface area contributed by atoms with Gasteiger partial charge in [0, 0.05) is 10.8 Å². The fraction of sp³-hybridized carbons (Fsp3) is 0.167. The van der Waals surface area contributed by atoms with Crippen LogP contribution in [0.25, 0.3) is 21.8 Å². The largest absolute Gasteiger partial charge is 0.279 e. The van der Waals surface area contributed by atoms with Crippen LogP contribution in [0.1, 0.15) is 22.0 Å². The van der Waals surface area contributed by atoms with Gasteiger partial charge in [0.15, 0.2) is 0 Å². The van der Waals surface area contributed by atoms with E-state index in [2.05, 4.69) is 5.43 Å². The summed E-state index contributed by atoms with van der Waals surface area (Å²) in [6.07, 6.45) is 0. The third-order valence-corrected chi connectivity index (χ3v) is 6.07. The quantitative estimate of drug-likeness (QED) is 0.394. The highest BCUT2D eigenvalue weighted by Crippen LogP contribution is 2.37. The minimum atomic E-state index is -0.636. The van der Waals surface area contributed by atoms with E-state index in [1.54, 1.807) is 4.57 Å². The van der Waals surface area contributed by atoms with E-state index in [1.807, 2.05) is 79.7 Å². The van der Waals surface area contributed by atoms with Crippen molar-refractivity contribution in [2.24, 2.45) is 0 Å². The second-order valence-corrected chi connectivity index (χ2v) is 8.04. The highest BCUT2D eigenvalue weighted by Gasteiger charge is 2.47. The van der Waals surface area contributed by atoms with E-state index in [9.17, 15) is 9.59 Å². The van der Waals surface area contributed by atoms with Crippen molar-refractivity contribution in [1.82, 2.24) is 15.0 Å². The van der Waals surface area contributed by atoms with E-state index in [1.165, 1.54) is 5.01 Å². The molecule has 1 amide bonds. The molecule has 0 spiro atoms. The molecule has 3 aromatic carbocycles. The SMILES string of the molecule is Cc1cccc(C2C(Cl)C(=O)N2NCC(=O)n2c3ccccc3c3ccccc32)c1. The zero-order valence-electron chi connectivity index (χ0n) is 16.4. The molecule has 1 aromatic heterocycles.